The zero-order valence-electron chi connectivity index (χ0n) is 14.3. The molecule has 1 aromatic rings. The molecule has 23 heavy (non-hydrogen) atoms. The molecule has 0 spiro atoms. The molecule has 1 heterocycles. The van der Waals surface area contributed by atoms with Crippen LogP contribution in [0.15, 0.2) is 28.7 Å². The van der Waals surface area contributed by atoms with Gasteiger partial charge in [0.2, 0.25) is 0 Å². The molecule has 128 valence electrons. The lowest BCUT2D eigenvalue weighted by atomic mass is 10.0. The molecule has 1 amide bonds. The second kappa shape index (κ2) is 8.15. The molecule has 0 aliphatic carbocycles. The van der Waals surface area contributed by atoms with Gasteiger partial charge in [-0.1, -0.05) is 34.1 Å². The van der Waals surface area contributed by atoms with Crippen LogP contribution in [0.1, 0.15) is 45.6 Å². The van der Waals surface area contributed by atoms with E-state index in [0.717, 1.165) is 36.9 Å². The Hall–Kier alpha value is -1.07. The Bertz CT molecular complexity index is 528. The molecule has 1 unspecified atom stereocenters. The second-order valence-electron chi connectivity index (χ2n) is 7.05. The van der Waals surface area contributed by atoms with E-state index >= 15 is 0 Å². The first-order valence-electron chi connectivity index (χ1n) is 8.30. The van der Waals surface area contributed by atoms with Crippen LogP contribution in [0.2, 0.25) is 0 Å². The third kappa shape index (κ3) is 5.81. The minimum atomic E-state index is -0.443. The van der Waals surface area contributed by atoms with Gasteiger partial charge in [-0.05, 0) is 51.7 Å². The maximum Gasteiger partial charge on any atom is 0.410 e. The monoisotopic (exact) mass is 382 g/mol. The van der Waals surface area contributed by atoms with Gasteiger partial charge in [0.25, 0.3) is 0 Å². The van der Waals surface area contributed by atoms with Crippen LogP contribution in [-0.2, 0) is 11.3 Å². The van der Waals surface area contributed by atoms with E-state index in [1.165, 1.54) is 12.0 Å². The number of hydrogen-bond donors (Lipinski definition) is 1. The molecule has 0 saturated carbocycles. The highest BCUT2D eigenvalue weighted by molar-refractivity contribution is 9.10. The van der Waals surface area contributed by atoms with Crippen molar-refractivity contribution in [2.45, 2.75) is 58.2 Å². The number of benzene rings is 1. The molecular weight excluding hydrogens is 356 g/mol. The number of piperidine rings is 1. The molecule has 0 bridgehead atoms. The van der Waals surface area contributed by atoms with Crippen molar-refractivity contribution in [1.82, 2.24) is 10.2 Å². The Labute approximate surface area is 147 Å². The maximum absolute atomic E-state index is 12.4. The summed E-state index contributed by atoms with van der Waals surface area (Å²) in [5, 5.41) is 3.48. The SMILES string of the molecule is CC(C)(C)OC(=O)N1CCCCC1CNCc1ccccc1Br. The number of rotatable bonds is 4. The Kier molecular flexibility index (Phi) is 6.48. The van der Waals surface area contributed by atoms with E-state index in [1.54, 1.807) is 0 Å². The summed E-state index contributed by atoms with van der Waals surface area (Å²) in [6.07, 6.45) is 3.06. The zero-order valence-corrected chi connectivity index (χ0v) is 15.9. The molecule has 1 aliphatic heterocycles. The van der Waals surface area contributed by atoms with Crippen LogP contribution < -0.4 is 5.32 Å². The van der Waals surface area contributed by atoms with Crippen molar-refractivity contribution in [3.05, 3.63) is 34.3 Å². The normalized spacial score (nSPS) is 18.8. The molecule has 1 aromatic carbocycles. The van der Waals surface area contributed by atoms with Crippen molar-refractivity contribution in [2.75, 3.05) is 13.1 Å². The fourth-order valence-electron chi connectivity index (χ4n) is 2.79. The van der Waals surface area contributed by atoms with E-state index in [-0.39, 0.29) is 12.1 Å². The summed E-state index contributed by atoms with van der Waals surface area (Å²) in [6, 6.07) is 8.41. The third-order valence-electron chi connectivity index (χ3n) is 3.91. The van der Waals surface area contributed by atoms with E-state index < -0.39 is 5.60 Å². The first-order valence-corrected chi connectivity index (χ1v) is 9.10. The highest BCUT2D eigenvalue weighted by atomic mass is 79.9. The van der Waals surface area contributed by atoms with E-state index in [9.17, 15) is 4.79 Å². The predicted octanol–water partition coefficient (Wildman–Crippen LogP) is 4.33. The molecule has 1 N–H and O–H groups in total. The number of nitrogens with one attached hydrogen (secondary N) is 1. The predicted molar refractivity (Wildman–Crippen MR) is 96.4 cm³/mol. The lowest BCUT2D eigenvalue weighted by Crippen LogP contribution is -2.50. The number of halogens is 1. The number of carbonyl (C=O) groups excluding carboxylic acids is 1. The fourth-order valence-corrected chi connectivity index (χ4v) is 3.21. The molecule has 0 radical (unpaired) electrons. The average molecular weight is 383 g/mol. The number of carbonyl (C=O) groups is 1. The van der Waals surface area contributed by atoms with E-state index in [2.05, 4.69) is 27.3 Å². The van der Waals surface area contributed by atoms with Crippen molar-refractivity contribution in [3.63, 3.8) is 0 Å². The van der Waals surface area contributed by atoms with Gasteiger partial charge >= 0.3 is 6.09 Å². The van der Waals surface area contributed by atoms with Crippen LogP contribution >= 0.6 is 15.9 Å². The lowest BCUT2D eigenvalue weighted by Gasteiger charge is -2.37. The van der Waals surface area contributed by atoms with Crippen LogP contribution in [0.5, 0.6) is 0 Å². The van der Waals surface area contributed by atoms with Crippen molar-refractivity contribution < 1.29 is 9.53 Å². The summed E-state index contributed by atoms with van der Waals surface area (Å²) >= 11 is 3.57. The number of hydrogen-bond acceptors (Lipinski definition) is 3. The minimum absolute atomic E-state index is 0.190. The first-order chi connectivity index (χ1) is 10.9. The fraction of sp³-hybridized carbons (Fsp3) is 0.611. The zero-order chi connectivity index (χ0) is 16.9. The molecule has 1 atom stereocenters. The van der Waals surface area contributed by atoms with Gasteiger partial charge in [-0.15, -0.1) is 0 Å². The Morgan fingerprint density at radius 3 is 2.78 bits per heavy atom. The highest BCUT2D eigenvalue weighted by Crippen LogP contribution is 2.20. The Balaban J connectivity index is 1.89. The summed E-state index contributed by atoms with van der Waals surface area (Å²) in [6.45, 7) is 8.11. The average Bonchev–Trinajstić information content (AvgIpc) is 2.48. The molecule has 1 aliphatic rings. The minimum Gasteiger partial charge on any atom is -0.444 e. The number of ether oxygens (including phenoxy) is 1. The summed E-state index contributed by atoms with van der Waals surface area (Å²) in [4.78, 5) is 14.3. The Morgan fingerprint density at radius 2 is 2.09 bits per heavy atom. The van der Waals surface area contributed by atoms with Gasteiger partial charge in [-0.2, -0.15) is 0 Å². The van der Waals surface area contributed by atoms with E-state index in [4.69, 9.17) is 4.74 Å². The second-order valence-corrected chi connectivity index (χ2v) is 7.90. The van der Waals surface area contributed by atoms with Crippen molar-refractivity contribution in [1.29, 1.82) is 0 Å². The van der Waals surface area contributed by atoms with E-state index in [0.29, 0.717) is 0 Å². The number of nitrogens with zero attached hydrogens (tertiary/aromatic N) is 1. The van der Waals surface area contributed by atoms with Gasteiger partial charge in [0, 0.05) is 30.1 Å². The molecule has 0 aromatic heterocycles. The number of amides is 1. The summed E-state index contributed by atoms with van der Waals surface area (Å²) < 4.78 is 6.65. The van der Waals surface area contributed by atoms with Crippen LogP contribution in [-0.4, -0.2) is 35.7 Å². The lowest BCUT2D eigenvalue weighted by molar-refractivity contribution is 0.00993. The molecular formula is C18H27BrN2O2. The van der Waals surface area contributed by atoms with Gasteiger partial charge in [0.15, 0.2) is 0 Å². The van der Waals surface area contributed by atoms with Crippen LogP contribution in [0.25, 0.3) is 0 Å². The van der Waals surface area contributed by atoms with Gasteiger partial charge in [-0.25, -0.2) is 4.79 Å². The van der Waals surface area contributed by atoms with E-state index in [1.807, 2.05) is 43.9 Å². The van der Waals surface area contributed by atoms with Gasteiger partial charge in [0.1, 0.15) is 5.60 Å². The summed E-state index contributed by atoms with van der Waals surface area (Å²) in [5.41, 5.74) is 0.786. The smallest absolute Gasteiger partial charge is 0.410 e. The van der Waals surface area contributed by atoms with Crippen LogP contribution in [0.4, 0.5) is 4.79 Å². The van der Waals surface area contributed by atoms with Crippen molar-refractivity contribution >= 4 is 22.0 Å². The molecule has 5 heteroatoms. The summed E-state index contributed by atoms with van der Waals surface area (Å²) in [7, 11) is 0. The van der Waals surface area contributed by atoms with Crippen LogP contribution in [0, 0.1) is 0 Å². The third-order valence-corrected chi connectivity index (χ3v) is 4.68. The molecule has 2 rings (SSSR count). The van der Waals surface area contributed by atoms with Crippen LogP contribution in [0.3, 0.4) is 0 Å². The van der Waals surface area contributed by atoms with Gasteiger partial charge in [0.05, 0.1) is 0 Å². The standard InChI is InChI=1S/C18H27BrN2O2/c1-18(2,3)23-17(22)21-11-7-6-9-15(21)13-20-12-14-8-4-5-10-16(14)19/h4-5,8,10,15,20H,6-7,9,11-13H2,1-3H3. The van der Waals surface area contributed by atoms with Crippen molar-refractivity contribution in [3.8, 4) is 0 Å². The topological polar surface area (TPSA) is 41.6 Å². The molecule has 1 fully saturated rings. The van der Waals surface area contributed by atoms with Gasteiger partial charge in [-0.3, -0.25) is 0 Å². The molecule has 4 nitrogen and oxygen atoms in total. The maximum atomic E-state index is 12.4. The summed E-state index contributed by atoms with van der Waals surface area (Å²) in [5.74, 6) is 0. The highest BCUT2D eigenvalue weighted by Gasteiger charge is 2.30. The molecule has 1 saturated heterocycles. The number of likely N-dealkylation sites (tertiary alicyclic amines) is 1. The Morgan fingerprint density at radius 1 is 1.35 bits per heavy atom. The quantitative estimate of drug-likeness (QED) is 0.842. The van der Waals surface area contributed by atoms with Gasteiger partial charge < -0.3 is 15.0 Å². The first kappa shape index (κ1) is 18.3. The van der Waals surface area contributed by atoms with Crippen molar-refractivity contribution in [2.24, 2.45) is 0 Å². The largest absolute Gasteiger partial charge is 0.444 e.